The number of carboxylic acids is 1. The lowest BCUT2D eigenvalue weighted by molar-refractivity contribution is 0.0692. The lowest BCUT2D eigenvalue weighted by Gasteiger charge is -2.11. The first-order valence-corrected chi connectivity index (χ1v) is 6.70. The third-order valence-corrected chi connectivity index (χ3v) is 4.16. The summed E-state index contributed by atoms with van der Waals surface area (Å²) in [6, 6.07) is 4.90. The lowest BCUT2D eigenvalue weighted by Crippen LogP contribution is -2.00. The van der Waals surface area contributed by atoms with Gasteiger partial charge in [0, 0.05) is 5.56 Å². The molecule has 0 aromatic heterocycles. The van der Waals surface area contributed by atoms with Crippen molar-refractivity contribution in [3.63, 3.8) is 0 Å². The van der Waals surface area contributed by atoms with E-state index in [1.165, 1.54) is 12.1 Å². The molecule has 104 valence electrons. The van der Waals surface area contributed by atoms with Crippen molar-refractivity contribution in [3.8, 4) is 11.1 Å². The molecule has 2 rings (SSSR count). The third kappa shape index (κ3) is 2.72. The fraction of sp³-hybridized carbons (Fsp3) is 0. The average Bonchev–Trinajstić information content (AvgIpc) is 2.37. The maximum Gasteiger partial charge on any atom is 0.338 e. The molecule has 7 heteroatoms. The first-order valence-electron chi connectivity index (χ1n) is 5.19. The van der Waals surface area contributed by atoms with Crippen molar-refractivity contribution >= 4 is 52.4 Å². The third-order valence-electron chi connectivity index (χ3n) is 2.60. The molecule has 2 nitrogen and oxygen atoms in total. The van der Waals surface area contributed by atoms with E-state index < -0.39 is 17.3 Å². The molecule has 0 amide bonds. The Morgan fingerprint density at radius 2 is 1.65 bits per heavy atom. The Kier molecular flexibility index (Phi) is 4.45. The summed E-state index contributed by atoms with van der Waals surface area (Å²) in [5.74, 6) is -2.25. The first kappa shape index (κ1) is 15.4. The molecule has 0 aliphatic rings. The van der Waals surface area contributed by atoms with E-state index in [9.17, 15) is 9.18 Å². The highest BCUT2D eigenvalue weighted by atomic mass is 35.5. The lowest BCUT2D eigenvalue weighted by atomic mass is 10.0. The Balaban J connectivity index is 2.72. The molecule has 0 atom stereocenters. The van der Waals surface area contributed by atoms with Gasteiger partial charge in [0.25, 0.3) is 0 Å². The summed E-state index contributed by atoms with van der Waals surface area (Å²) in [6.07, 6.45) is 0. The van der Waals surface area contributed by atoms with Gasteiger partial charge in [0.15, 0.2) is 0 Å². The standard InChI is InChI=1S/C13H5Cl4FO2/c14-7-4-8(15)11(16)12(17)10(7)5-1-2-9(18)6(3-5)13(19)20/h1-4H,(H,19,20). The summed E-state index contributed by atoms with van der Waals surface area (Å²) in [7, 11) is 0. The molecule has 2 aromatic rings. The Hall–Kier alpha value is -1.00. The number of rotatable bonds is 2. The van der Waals surface area contributed by atoms with Crippen LogP contribution in [-0.4, -0.2) is 11.1 Å². The fourth-order valence-electron chi connectivity index (χ4n) is 1.68. The van der Waals surface area contributed by atoms with Crippen molar-refractivity contribution in [1.29, 1.82) is 0 Å². The van der Waals surface area contributed by atoms with Crippen molar-refractivity contribution in [2.24, 2.45) is 0 Å². The van der Waals surface area contributed by atoms with Crippen molar-refractivity contribution in [2.75, 3.05) is 0 Å². The summed E-state index contributed by atoms with van der Waals surface area (Å²) in [5.41, 5.74) is 0.142. The number of hydrogen-bond donors (Lipinski definition) is 1. The molecular formula is C13H5Cl4FO2. The Morgan fingerprint density at radius 3 is 2.25 bits per heavy atom. The van der Waals surface area contributed by atoms with Crippen LogP contribution in [-0.2, 0) is 0 Å². The van der Waals surface area contributed by atoms with Crippen LogP contribution < -0.4 is 0 Å². The van der Waals surface area contributed by atoms with Gasteiger partial charge in [-0.05, 0) is 23.8 Å². The van der Waals surface area contributed by atoms with Crippen LogP contribution in [0.3, 0.4) is 0 Å². The van der Waals surface area contributed by atoms with Gasteiger partial charge >= 0.3 is 5.97 Å². The predicted octanol–water partition coefficient (Wildman–Crippen LogP) is 5.80. The highest BCUT2D eigenvalue weighted by Crippen LogP contribution is 2.43. The van der Waals surface area contributed by atoms with Crippen LogP contribution in [0.5, 0.6) is 0 Å². The molecule has 1 N–H and O–H groups in total. The van der Waals surface area contributed by atoms with E-state index in [1.807, 2.05) is 0 Å². The summed E-state index contributed by atoms with van der Waals surface area (Å²) in [5, 5.41) is 9.45. The predicted molar refractivity (Wildman–Crippen MR) is 78.8 cm³/mol. The zero-order valence-corrected chi connectivity index (χ0v) is 12.6. The minimum absolute atomic E-state index is 0.0760. The van der Waals surface area contributed by atoms with Gasteiger partial charge < -0.3 is 5.11 Å². The molecule has 2 aromatic carbocycles. The fourth-order valence-corrected chi connectivity index (χ4v) is 2.81. The van der Waals surface area contributed by atoms with Gasteiger partial charge in [-0.3, -0.25) is 0 Å². The van der Waals surface area contributed by atoms with Gasteiger partial charge in [0.2, 0.25) is 0 Å². The maximum absolute atomic E-state index is 13.4. The smallest absolute Gasteiger partial charge is 0.338 e. The van der Waals surface area contributed by atoms with Gasteiger partial charge in [-0.25, -0.2) is 9.18 Å². The molecule has 20 heavy (non-hydrogen) atoms. The molecule has 0 heterocycles. The Labute approximate surface area is 133 Å². The summed E-state index contributed by atoms with van der Waals surface area (Å²) < 4.78 is 13.4. The molecule has 0 saturated heterocycles. The van der Waals surface area contributed by atoms with E-state index in [-0.39, 0.29) is 20.1 Å². The van der Waals surface area contributed by atoms with E-state index in [0.717, 1.165) is 12.1 Å². The SMILES string of the molecule is O=C(O)c1cc(-c2c(Cl)cc(Cl)c(Cl)c2Cl)ccc1F. The normalized spacial score (nSPS) is 10.7. The van der Waals surface area contributed by atoms with Crippen molar-refractivity contribution in [3.05, 3.63) is 55.7 Å². The van der Waals surface area contributed by atoms with Gasteiger partial charge in [0.05, 0.1) is 25.7 Å². The molecule has 0 unspecified atom stereocenters. The summed E-state index contributed by atoms with van der Waals surface area (Å²) >= 11 is 23.9. The van der Waals surface area contributed by atoms with Crippen LogP contribution in [0.25, 0.3) is 11.1 Å². The van der Waals surface area contributed by atoms with Crippen LogP contribution in [0, 0.1) is 5.82 Å². The van der Waals surface area contributed by atoms with E-state index in [4.69, 9.17) is 51.5 Å². The maximum atomic E-state index is 13.4. The van der Waals surface area contributed by atoms with E-state index in [0.29, 0.717) is 11.1 Å². The molecule has 0 aliphatic heterocycles. The highest BCUT2D eigenvalue weighted by Gasteiger charge is 2.18. The monoisotopic (exact) mass is 352 g/mol. The second-order valence-corrected chi connectivity index (χ2v) is 5.41. The second kappa shape index (κ2) is 5.78. The number of halogens is 5. The van der Waals surface area contributed by atoms with Crippen LogP contribution in [0.2, 0.25) is 20.1 Å². The topological polar surface area (TPSA) is 37.3 Å². The molecule has 0 radical (unpaired) electrons. The highest BCUT2D eigenvalue weighted by molar-refractivity contribution is 6.51. The van der Waals surface area contributed by atoms with Crippen molar-refractivity contribution in [2.45, 2.75) is 0 Å². The van der Waals surface area contributed by atoms with Gasteiger partial charge in [0.1, 0.15) is 5.82 Å². The molecule has 0 fully saturated rings. The molecule has 0 bridgehead atoms. The minimum Gasteiger partial charge on any atom is -0.478 e. The summed E-state index contributed by atoms with van der Waals surface area (Å²) in [6.45, 7) is 0. The largest absolute Gasteiger partial charge is 0.478 e. The first-order chi connectivity index (χ1) is 9.32. The van der Waals surface area contributed by atoms with E-state index >= 15 is 0 Å². The average molecular weight is 354 g/mol. The number of hydrogen-bond acceptors (Lipinski definition) is 1. The molecule has 0 aliphatic carbocycles. The minimum atomic E-state index is -1.39. The van der Waals surface area contributed by atoms with Gasteiger partial charge in [-0.2, -0.15) is 0 Å². The van der Waals surface area contributed by atoms with Crippen LogP contribution in [0.4, 0.5) is 4.39 Å². The quantitative estimate of drug-likeness (QED) is 0.546. The van der Waals surface area contributed by atoms with Crippen molar-refractivity contribution in [1.82, 2.24) is 0 Å². The van der Waals surface area contributed by atoms with Crippen LogP contribution >= 0.6 is 46.4 Å². The van der Waals surface area contributed by atoms with Crippen LogP contribution in [0.1, 0.15) is 10.4 Å². The van der Waals surface area contributed by atoms with E-state index in [2.05, 4.69) is 0 Å². The summed E-state index contributed by atoms with van der Waals surface area (Å²) in [4.78, 5) is 10.9. The molecular weight excluding hydrogens is 349 g/mol. The number of carbonyl (C=O) groups is 1. The van der Waals surface area contributed by atoms with E-state index in [1.54, 1.807) is 0 Å². The number of aromatic carboxylic acids is 1. The van der Waals surface area contributed by atoms with Gasteiger partial charge in [-0.1, -0.05) is 52.5 Å². The van der Waals surface area contributed by atoms with Crippen LogP contribution in [0.15, 0.2) is 24.3 Å². The number of carboxylic acid groups (broad SMARTS) is 1. The second-order valence-electron chi connectivity index (χ2n) is 3.84. The van der Waals surface area contributed by atoms with Crippen molar-refractivity contribution < 1.29 is 14.3 Å². The zero-order valence-electron chi connectivity index (χ0n) is 9.55. The Morgan fingerprint density at radius 1 is 1.00 bits per heavy atom. The molecule has 0 spiro atoms. The number of benzene rings is 2. The zero-order chi connectivity index (χ0) is 15.0. The Bertz CT molecular complexity index is 716. The molecule has 0 saturated carbocycles. The van der Waals surface area contributed by atoms with Gasteiger partial charge in [-0.15, -0.1) is 0 Å².